The van der Waals surface area contributed by atoms with Gasteiger partial charge in [-0.15, -0.1) is 0 Å². The van der Waals surface area contributed by atoms with Crippen molar-refractivity contribution in [3.8, 4) is 0 Å². The van der Waals surface area contributed by atoms with E-state index in [9.17, 15) is 0 Å². The van der Waals surface area contributed by atoms with Crippen LogP contribution in [0, 0.1) is 0 Å². The van der Waals surface area contributed by atoms with Gasteiger partial charge in [0.05, 0.1) is 0 Å². The van der Waals surface area contributed by atoms with Crippen LogP contribution < -0.4 is 5.73 Å². The third-order valence-corrected chi connectivity index (χ3v) is 0.806. The van der Waals surface area contributed by atoms with Crippen LogP contribution in [0.2, 0.25) is 0 Å². The Balaban J connectivity index is 0. The van der Waals surface area contributed by atoms with Gasteiger partial charge in [-0.25, -0.2) is 0 Å². The first kappa shape index (κ1) is 13.2. The summed E-state index contributed by atoms with van der Waals surface area (Å²) in [4.78, 5) is 1.68. The van der Waals surface area contributed by atoms with Gasteiger partial charge in [0.25, 0.3) is 0 Å². The molecule has 0 bridgehead atoms. The van der Waals surface area contributed by atoms with Crippen molar-refractivity contribution in [1.29, 1.82) is 0 Å². The molecule has 0 saturated carbocycles. The van der Waals surface area contributed by atoms with Crippen molar-refractivity contribution < 1.29 is 17.5 Å². The Kier molecular flexibility index (Phi) is 6.28. The van der Waals surface area contributed by atoms with E-state index in [1.807, 2.05) is 14.1 Å². The maximum atomic E-state index is 8.74. The molecular weight excluding hydrogens is 192 g/mol. The molecule has 0 saturated heterocycles. The number of nitrogens with two attached hydrogens (primary N) is 1. The Morgan fingerprint density at radius 1 is 1.45 bits per heavy atom. The van der Waals surface area contributed by atoms with E-state index in [0.717, 1.165) is 0 Å². The minimum Gasteiger partial charge on any atom is -0.376 e. The van der Waals surface area contributed by atoms with Crippen LogP contribution in [0.25, 0.3) is 0 Å². The summed E-state index contributed by atoms with van der Waals surface area (Å²) in [5, 5.41) is 0.426. The summed E-state index contributed by atoms with van der Waals surface area (Å²) in [5.41, 5.74) is 5.09. The Morgan fingerprint density at radius 2 is 1.55 bits per heavy atom. The fourth-order valence-corrected chi connectivity index (χ4v) is 0. The molecule has 0 heterocycles. The van der Waals surface area contributed by atoms with E-state index in [-0.39, 0.29) is 0 Å². The third-order valence-electron chi connectivity index (χ3n) is 0.441. The van der Waals surface area contributed by atoms with Gasteiger partial charge in [-0.3, -0.25) is 9.11 Å². The van der Waals surface area contributed by atoms with Gasteiger partial charge in [-0.1, -0.05) is 0 Å². The van der Waals surface area contributed by atoms with Crippen LogP contribution in [0.4, 0.5) is 0 Å². The molecule has 6 nitrogen and oxygen atoms in total. The van der Waals surface area contributed by atoms with E-state index < -0.39 is 10.4 Å². The molecule has 8 heteroatoms. The van der Waals surface area contributed by atoms with E-state index in [2.05, 4.69) is 12.2 Å². The monoisotopic (exact) mass is 202 g/mol. The van der Waals surface area contributed by atoms with Crippen LogP contribution in [0.5, 0.6) is 0 Å². The lowest BCUT2D eigenvalue weighted by Gasteiger charge is -2.05. The first-order chi connectivity index (χ1) is 4.64. The van der Waals surface area contributed by atoms with Crippen molar-refractivity contribution in [3.05, 3.63) is 0 Å². The molecule has 0 aliphatic carbocycles. The predicted molar refractivity (Wildman–Crippen MR) is 44.6 cm³/mol. The molecule has 11 heavy (non-hydrogen) atoms. The van der Waals surface area contributed by atoms with Crippen molar-refractivity contribution >= 4 is 27.7 Å². The largest absolute Gasteiger partial charge is 0.394 e. The zero-order chi connectivity index (χ0) is 9.65. The first-order valence-corrected chi connectivity index (χ1v) is 4.11. The molecule has 0 atom stereocenters. The van der Waals surface area contributed by atoms with E-state index in [0.29, 0.717) is 5.11 Å². The second-order valence-corrected chi connectivity index (χ2v) is 2.99. The highest BCUT2D eigenvalue weighted by Gasteiger charge is 1.84. The van der Waals surface area contributed by atoms with Crippen molar-refractivity contribution in [2.45, 2.75) is 0 Å². The van der Waals surface area contributed by atoms with Crippen LogP contribution in [-0.2, 0) is 10.4 Å². The third kappa shape index (κ3) is 43.1. The minimum absolute atomic E-state index is 0.426. The second kappa shape index (κ2) is 5.24. The molecule has 68 valence electrons. The van der Waals surface area contributed by atoms with Crippen LogP contribution in [-0.4, -0.2) is 41.6 Å². The number of rotatable bonds is 0. The Labute approximate surface area is 70.6 Å². The van der Waals surface area contributed by atoms with E-state index >= 15 is 0 Å². The Bertz CT molecular complexity index is 201. The summed E-state index contributed by atoms with van der Waals surface area (Å²) >= 11 is 4.52. The van der Waals surface area contributed by atoms with E-state index in [1.54, 1.807) is 4.90 Å². The summed E-state index contributed by atoms with van der Waals surface area (Å²) in [6, 6.07) is 0. The number of hydrogen-bond acceptors (Lipinski definition) is 3. The molecular formula is C3H10N2O4S2. The molecule has 0 aromatic rings. The molecule has 0 radical (unpaired) electrons. The fourth-order valence-electron chi connectivity index (χ4n) is 0. The average molecular weight is 202 g/mol. The number of nitrogens with zero attached hydrogens (tertiary/aromatic N) is 1. The molecule has 0 rings (SSSR count). The lowest BCUT2D eigenvalue weighted by atomic mass is 10.9. The minimum atomic E-state index is -4.67. The quantitative estimate of drug-likeness (QED) is 0.347. The van der Waals surface area contributed by atoms with Gasteiger partial charge in [0.2, 0.25) is 0 Å². The van der Waals surface area contributed by atoms with Gasteiger partial charge in [-0.05, 0) is 12.2 Å². The standard InChI is InChI=1S/C3H8N2S.H2O4S/c1-5(2)3(4)6;1-5(2,3)4/h1-2H3,(H2,4,6);(H2,1,2,3,4). The topological polar surface area (TPSA) is 104 Å². The summed E-state index contributed by atoms with van der Waals surface area (Å²) in [6.45, 7) is 0. The van der Waals surface area contributed by atoms with Gasteiger partial charge >= 0.3 is 10.4 Å². The highest BCUT2D eigenvalue weighted by Crippen LogP contribution is 1.67. The highest BCUT2D eigenvalue weighted by molar-refractivity contribution is 7.80. The van der Waals surface area contributed by atoms with Crippen molar-refractivity contribution in [2.75, 3.05) is 14.1 Å². The SMILES string of the molecule is CN(C)C(N)=S.O=S(=O)(O)O. The Hall–Kier alpha value is -0.440. The fraction of sp³-hybridized carbons (Fsp3) is 0.667. The van der Waals surface area contributed by atoms with Crippen molar-refractivity contribution in [3.63, 3.8) is 0 Å². The van der Waals surface area contributed by atoms with E-state index in [1.165, 1.54) is 0 Å². The van der Waals surface area contributed by atoms with Gasteiger partial charge < -0.3 is 10.6 Å². The summed E-state index contributed by atoms with van der Waals surface area (Å²) < 4.78 is 31.6. The zero-order valence-corrected chi connectivity index (χ0v) is 7.68. The molecule has 0 aromatic heterocycles. The Morgan fingerprint density at radius 3 is 1.55 bits per heavy atom. The van der Waals surface area contributed by atoms with Crippen LogP contribution >= 0.6 is 12.2 Å². The lowest BCUT2D eigenvalue weighted by Crippen LogP contribution is -2.27. The summed E-state index contributed by atoms with van der Waals surface area (Å²) in [5.74, 6) is 0. The molecule has 0 aromatic carbocycles. The van der Waals surface area contributed by atoms with Gasteiger partial charge in [-0.2, -0.15) is 8.42 Å². The molecule has 0 unspecified atom stereocenters. The van der Waals surface area contributed by atoms with Gasteiger partial charge in [0.1, 0.15) is 0 Å². The van der Waals surface area contributed by atoms with Crippen molar-refractivity contribution in [2.24, 2.45) is 5.73 Å². The van der Waals surface area contributed by atoms with Crippen LogP contribution in [0.1, 0.15) is 0 Å². The maximum Gasteiger partial charge on any atom is 0.394 e. The van der Waals surface area contributed by atoms with Gasteiger partial charge in [0, 0.05) is 14.1 Å². The number of thiocarbonyl (C=S) groups is 1. The van der Waals surface area contributed by atoms with Crippen LogP contribution in [0.3, 0.4) is 0 Å². The summed E-state index contributed by atoms with van der Waals surface area (Å²) in [6.07, 6.45) is 0. The molecule has 0 spiro atoms. The van der Waals surface area contributed by atoms with Crippen LogP contribution in [0.15, 0.2) is 0 Å². The molecule has 0 aliphatic rings. The molecule has 0 fully saturated rings. The summed E-state index contributed by atoms with van der Waals surface area (Å²) in [7, 11) is -1.05. The molecule has 4 N–H and O–H groups in total. The zero-order valence-electron chi connectivity index (χ0n) is 6.05. The van der Waals surface area contributed by atoms with Crippen molar-refractivity contribution in [1.82, 2.24) is 4.90 Å². The normalized spacial score (nSPS) is 9.45. The highest BCUT2D eigenvalue weighted by atomic mass is 32.3. The smallest absolute Gasteiger partial charge is 0.376 e. The number of hydrogen-bond donors (Lipinski definition) is 3. The second-order valence-electron chi connectivity index (χ2n) is 1.68. The van der Waals surface area contributed by atoms with E-state index in [4.69, 9.17) is 23.3 Å². The first-order valence-electron chi connectivity index (χ1n) is 2.31. The molecule has 0 amide bonds. The molecule has 0 aliphatic heterocycles. The predicted octanol–water partition coefficient (Wildman–Crippen LogP) is -0.861. The van der Waals surface area contributed by atoms with Gasteiger partial charge in [0.15, 0.2) is 5.11 Å². The average Bonchev–Trinajstić information content (AvgIpc) is 1.59. The lowest BCUT2D eigenvalue weighted by molar-refractivity contribution is 0.381. The maximum absolute atomic E-state index is 8.74.